The summed E-state index contributed by atoms with van der Waals surface area (Å²) in [6.45, 7) is 3.12. The molecule has 2 N–H and O–H groups in total. The Balaban J connectivity index is 1.98. The average Bonchev–Trinajstić information content (AvgIpc) is 3.21. The minimum Gasteiger partial charge on any atom is -0.463 e. The van der Waals surface area contributed by atoms with Crippen molar-refractivity contribution in [2.75, 3.05) is 18.8 Å². The van der Waals surface area contributed by atoms with E-state index in [1.807, 2.05) is 0 Å². The van der Waals surface area contributed by atoms with Crippen LogP contribution in [0.2, 0.25) is 0 Å². The van der Waals surface area contributed by atoms with Crippen LogP contribution in [-0.4, -0.2) is 33.7 Å². The summed E-state index contributed by atoms with van der Waals surface area (Å²) in [5.41, 5.74) is 5.79. The van der Waals surface area contributed by atoms with Crippen LogP contribution in [0.1, 0.15) is 25.8 Å². The van der Waals surface area contributed by atoms with Crippen molar-refractivity contribution in [3.63, 3.8) is 0 Å². The van der Waals surface area contributed by atoms with Crippen molar-refractivity contribution < 1.29 is 9.21 Å². The highest BCUT2D eigenvalue weighted by molar-refractivity contribution is 5.80. The van der Waals surface area contributed by atoms with Gasteiger partial charge in [0.1, 0.15) is 17.4 Å². The van der Waals surface area contributed by atoms with E-state index in [-0.39, 0.29) is 11.6 Å². The van der Waals surface area contributed by atoms with E-state index in [4.69, 9.17) is 10.2 Å². The SMILES string of the molecule is CC(C(=O)N1CCCC1)n1nc(-c2ccco2)cc(N)c1=O. The lowest BCUT2D eigenvalue weighted by Crippen LogP contribution is -2.39. The van der Waals surface area contributed by atoms with Gasteiger partial charge in [-0.15, -0.1) is 0 Å². The molecule has 1 aliphatic rings. The zero-order valence-corrected chi connectivity index (χ0v) is 12.4. The van der Waals surface area contributed by atoms with Crippen molar-refractivity contribution in [1.29, 1.82) is 0 Å². The summed E-state index contributed by atoms with van der Waals surface area (Å²) in [6, 6.07) is 4.22. The highest BCUT2D eigenvalue weighted by Gasteiger charge is 2.26. The lowest BCUT2D eigenvalue weighted by atomic mass is 10.2. The van der Waals surface area contributed by atoms with E-state index in [0.29, 0.717) is 11.5 Å². The Labute approximate surface area is 127 Å². The maximum atomic E-state index is 12.5. The molecule has 1 aliphatic heterocycles. The van der Waals surface area contributed by atoms with E-state index < -0.39 is 11.6 Å². The first kappa shape index (κ1) is 14.4. The molecule has 2 aromatic heterocycles. The summed E-state index contributed by atoms with van der Waals surface area (Å²) in [4.78, 5) is 26.5. The summed E-state index contributed by atoms with van der Waals surface area (Å²) in [5.74, 6) is 0.393. The van der Waals surface area contributed by atoms with Crippen LogP contribution in [0.5, 0.6) is 0 Å². The number of nitrogens with zero attached hydrogens (tertiary/aromatic N) is 3. The van der Waals surface area contributed by atoms with Gasteiger partial charge in [-0.2, -0.15) is 5.10 Å². The summed E-state index contributed by atoms with van der Waals surface area (Å²) in [5, 5.41) is 4.25. The third-order valence-electron chi connectivity index (χ3n) is 3.88. The van der Waals surface area contributed by atoms with Crippen LogP contribution in [0.15, 0.2) is 33.7 Å². The first-order valence-electron chi connectivity index (χ1n) is 7.30. The molecule has 7 nitrogen and oxygen atoms in total. The minimum atomic E-state index is -0.692. The third kappa shape index (κ3) is 2.49. The van der Waals surface area contributed by atoms with Crippen LogP contribution < -0.4 is 11.3 Å². The molecule has 1 unspecified atom stereocenters. The van der Waals surface area contributed by atoms with E-state index in [9.17, 15) is 9.59 Å². The fourth-order valence-electron chi connectivity index (χ4n) is 2.65. The normalized spacial score (nSPS) is 16.0. The molecule has 0 saturated carbocycles. The smallest absolute Gasteiger partial charge is 0.290 e. The number of carbonyl (C=O) groups is 1. The van der Waals surface area contributed by atoms with Crippen molar-refractivity contribution in [2.24, 2.45) is 0 Å². The Kier molecular flexibility index (Phi) is 3.70. The van der Waals surface area contributed by atoms with Gasteiger partial charge in [0.25, 0.3) is 5.56 Å². The number of anilines is 1. The van der Waals surface area contributed by atoms with Crippen LogP contribution in [-0.2, 0) is 4.79 Å². The van der Waals surface area contributed by atoms with Gasteiger partial charge >= 0.3 is 0 Å². The van der Waals surface area contributed by atoms with E-state index in [1.54, 1.807) is 24.0 Å². The Morgan fingerprint density at radius 1 is 1.41 bits per heavy atom. The van der Waals surface area contributed by atoms with Crippen LogP contribution in [0.25, 0.3) is 11.5 Å². The molecule has 0 bridgehead atoms. The zero-order chi connectivity index (χ0) is 15.7. The van der Waals surface area contributed by atoms with Gasteiger partial charge in [-0.1, -0.05) is 0 Å². The number of likely N-dealkylation sites (tertiary alicyclic amines) is 1. The fraction of sp³-hybridized carbons (Fsp3) is 0.400. The zero-order valence-electron chi connectivity index (χ0n) is 12.4. The Morgan fingerprint density at radius 2 is 2.14 bits per heavy atom. The summed E-state index contributed by atoms with van der Waals surface area (Å²) in [7, 11) is 0. The van der Waals surface area contributed by atoms with Gasteiger partial charge in [-0.3, -0.25) is 9.59 Å². The van der Waals surface area contributed by atoms with Crippen molar-refractivity contribution in [3.05, 3.63) is 34.8 Å². The molecule has 0 spiro atoms. The highest BCUT2D eigenvalue weighted by atomic mass is 16.3. The minimum absolute atomic E-state index is 0.0440. The number of nitrogens with two attached hydrogens (primary N) is 1. The average molecular weight is 302 g/mol. The molecular formula is C15H18N4O3. The van der Waals surface area contributed by atoms with Crippen molar-refractivity contribution >= 4 is 11.6 Å². The van der Waals surface area contributed by atoms with Gasteiger partial charge < -0.3 is 15.1 Å². The van der Waals surface area contributed by atoms with Gasteiger partial charge in [0.2, 0.25) is 5.91 Å². The number of hydrogen-bond acceptors (Lipinski definition) is 5. The van der Waals surface area contributed by atoms with E-state index >= 15 is 0 Å². The largest absolute Gasteiger partial charge is 0.463 e. The molecule has 22 heavy (non-hydrogen) atoms. The molecule has 3 heterocycles. The Hall–Kier alpha value is -2.57. The predicted molar refractivity (Wildman–Crippen MR) is 81.1 cm³/mol. The second-order valence-corrected chi connectivity index (χ2v) is 5.42. The Morgan fingerprint density at radius 3 is 2.77 bits per heavy atom. The highest BCUT2D eigenvalue weighted by Crippen LogP contribution is 2.20. The summed E-state index contributed by atoms with van der Waals surface area (Å²) < 4.78 is 6.43. The van der Waals surface area contributed by atoms with Gasteiger partial charge in [0.05, 0.1) is 6.26 Å². The molecular weight excluding hydrogens is 284 g/mol. The molecule has 0 aliphatic carbocycles. The van der Waals surface area contributed by atoms with Crippen molar-refractivity contribution in [1.82, 2.24) is 14.7 Å². The lowest BCUT2D eigenvalue weighted by molar-refractivity contribution is -0.133. The number of rotatable bonds is 3. The molecule has 1 amide bonds. The second-order valence-electron chi connectivity index (χ2n) is 5.42. The van der Waals surface area contributed by atoms with Crippen LogP contribution >= 0.6 is 0 Å². The molecule has 1 fully saturated rings. The van der Waals surface area contributed by atoms with Gasteiger partial charge in [-0.05, 0) is 38.0 Å². The summed E-state index contributed by atoms with van der Waals surface area (Å²) >= 11 is 0. The number of aromatic nitrogens is 2. The van der Waals surface area contributed by atoms with Gasteiger partial charge in [0.15, 0.2) is 5.76 Å². The van der Waals surface area contributed by atoms with Crippen LogP contribution in [0.3, 0.4) is 0 Å². The third-order valence-corrected chi connectivity index (χ3v) is 3.88. The number of furan rings is 1. The molecule has 2 aromatic rings. The quantitative estimate of drug-likeness (QED) is 0.921. The molecule has 116 valence electrons. The standard InChI is InChI=1S/C15H18N4O3/c1-10(14(20)18-6-2-3-7-18)19-15(21)11(16)9-12(17-19)13-5-4-8-22-13/h4-5,8-10H,2-3,6-7,16H2,1H3. The van der Waals surface area contributed by atoms with E-state index in [0.717, 1.165) is 30.6 Å². The van der Waals surface area contributed by atoms with E-state index in [1.165, 1.54) is 12.3 Å². The summed E-state index contributed by atoms with van der Waals surface area (Å²) in [6.07, 6.45) is 3.51. The number of nitrogen functional groups attached to an aromatic ring is 1. The Bertz CT molecular complexity index is 730. The number of amides is 1. The maximum Gasteiger partial charge on any atom is 0.290 e. The van der Waals surface area contributed by atoms with Crippen LogP contribution in [0, 0.1) is 0 Å². The molecule has 1 saturated heterocycles. The molecule has 3 rings (SSSR count). The maximum absolute atomic E-state index is 12.5. The monoisotopic (exact) mass is 302 g/mol. The predicted octanol–water partition coefficient (Wildman–Crippen LogP) is 1.27. The van der Waals surface area contributed by atoms with E-state index in [2.05, 4.69) is 5.10 Å². The van der Waals surface area contributed by atoms with Crippen molar-refractivity contribution in [3.8, 4) is 11.5 Å². The lowest BCUT2D eigenvalue weighted by Gasteiger charge is -2.21. The first-order valence-corrected chi connectivity index (χ1v) is 7.30. The molecule has 1 atom stereocenters. The molecule has 7 heteroatoms. The van der Waals surface area contributed by atoms with Gasteiger partial charge in [-0.25, -0.2) is 4.68 Å². The van der Waals surface area contributed by atoms with Crippen molar-refractivity contribution in [2.45, 2.75) is 25.8 Å². The first-order chi connectivity index (χ1) is 10.6. The topological polar surface area (TPSA) is 94.4 Å². The van der Waals surface area contributed by atoms with Crippen LogP contribution in [0.4, 0.5) is 5.69 Å². The van der Waals surface area contributed by atoms with Gasteiger partial charge in [0, 0.05) is 13.1 Å². The second kappa shape index (κ2) is 5.67. The molecule has 0 aromatic carbocycles. The molecule has 0 radical (unpaired) electrons. The number of hydrogen-bond donors (Lipinski definition) is 1. The fourth-order valence-corrected chi connectivity index (χ4v) is 2.65. The number of carbonyl (C=O) groups excluding carboxylic acids is 1.